The summed E-state index contributed by atoms with van der Waals surface area (Å²) in [6, 6.07) is 0. The van der Waals surface area contributed by atoms with Crippen molar-refractivity contribution in [2.45, 2.75) is 46.5 Å². The van der Waals surface area contributed by atoms with Crippen molar-refractivity contribution in [3.05, 3.63) is 0 Å². The van der Waals surface area contributed by atoms with Crippen molar-refractivity contribution >= 4 is 11.9 Å². The summed E-state index contributed by atoms with van der Waals surface area (Å²) in [7, 11) is 0. The molecule has 0 aliphatic heterocycles. The molecule has 0 heterocycles. The van der Waals surface area contributed by atoms with Crippen LogP contribution in [0.5, 0.6) is 0 Å². The van der Waals surface area contributed by atoms with Gasteiger partial charge in [-0.3, -0.25) is 9.59 Å². The van der Waals surface area contributed by atoms with Crippen LogP contribution in [0.25, 0.3) is 0 Å². The molecule has 0 bridgehead atoms. The molecule has 0 rings (SSSR count). The smallest absolute Gasteiger partial charge is 0.305 e. The molecule has 0 aromatic rings. The fraction of sp³-hybridized carbons (Fsp3) is 0.800. The van der Waals surface area contributed by atoms with E-state index in [1.165, 1.54) is 0 Å². The third kappa shape index (κ3) is 46.5. The summed E-state index contributed by atoms with van der Waals surface area (Å²) in [6.45, 7) is 5.54. The van der Waals surface area contributed by atoms with E-state index in [2.05, 4.69) is 6.92 Å². The molecular weight excluding hydrogens is 458 g/mol. The molecule has 1 N–H and O–H groups in total. The topological polar surface area (TPSA) is 63.6 Å². The van der Waals surface area contributed by atoms with Crippen LogP contribution in [0.2, 0.25) is 0 Å². The van der Waals surface area contributed by atoms with Crippen molar-refractivity contribution in [2.75, 3.05) is 6.61 Å². The van der Waals surface area contributed by atoms with Crippen LogP contribution in [0.4, 0.5) is 0 Å². The molecule has 0 aliphatic carbocycles. The van der Waals surface area contributed by atoms with E-state index in [1.807, 2.05) is 6.92 Å². The predicted molar refractivity (Wildman–Crippen MR) is 54.1 cm³/mol. The number of hydrogen-bond donors (Lipinski definition) is 1. The van der Waals surface area contributed by atoms with Crippen LogP contribution in [0.3, 0.4) is 0 Å². The van der Waals surface area contributed by atoms with E-state index in [4.69, 9.17) is 14.6 Å². The first kappa shape index (κ1) is 31.1. The largest absolute Gasteiger partial charge is 0.481 e. The number of ether oxygens (including phenoxy) is 1. The number of carboxylic acid groups (broad SMARTS) is 1. The van der Waals surface area contributed by atoms with Crippen molar-refractivity contribution in [1.29, 1.82) is 0 Å². The fourth-order valence-corrected chi connectivity index (χ4v) is 0.752. The molecule has 0 fully saturated rings. The van der Waals surface area contributed by atoms with Gasteiger partial charge >= 0.3 is 5.97 Å². The molecule has 0 radical (unpaired) electrons. The van der Waals surface area contributed by atoms with Gasteiger partial charge in [0.05, 0.1) is 6.61 Å². The average Bonchev–Trinajstić information content (AvgIpc) is 2.04. The van der Waals surface area contributed by atoms with Crippen LogP contribution >= 0.6 is 0 Å². The number of esters is 1. The monoisotopic (exact) mass is 474 g/mol. The van der Waals surface area contributed by atoms with E-state index >= 15 is 0 Å². The van der Waals surface area contributed by atoms with E-state index < -0.39 is 5.97 Å². The standard InChI is InChI=1S/C8H16O2.C2H4O2.3Zr/c1-3-5-6-7-8(9)10-4-2;1-2(3)4;;;/h3-7H2,1-2H3;1H3,(H,3,4);;;. The number of carboxylic acids is 1. The van der Waals surface area contributed by atoms with Gasteiger partial charge in [0.1, 0.15) is 0 Å². The first-order valence-corrected chi connectivity index (χ1v) is 4.89. The van der Waals surface area contributed by atoms with Crippen LogP contribution in [0.15, 0.2) is 0 Å². The van der Waals surface area contributed by atoms with Gasteiger partial charge in [-0.15, -0.1) is 0 Å². The summed E-state index contributed by atoms with van der Waals surface area (Å²) in [5.74, 6) is -0.893. The zero-order valence-corrected chi connectivity index (χ0v) is 18.1. The van der Waals surface area contributed by atoms with Gasteiger partial charge in [0.25, 0.3) is 5.97 Å². The minimum absolute atomic E-state index is 0. The Morgan fingerprint density at radius 1 is 1.06 bits per heavy atom. The molecule has 7 heteroatoms. The molecule has 17 heavy (non-hydrogen) atoms. The maximum absolute atomic E-state index is 10.7. The van der Waals surface area contributed by atoms with Crippen molar-refractivity contribution in [1.82, 2.24) is 0 Å². The maximum atomic E-state index is 10.7. The van der Waals surface area contributed by atoms with Gasteiger partial charge in [-0.25, -0.2) is 0 Å². The van der Waals surface area contributed by atoms with Crippen LogP contribution in [-0.2, 0) is 92.9 Å². The van der Waals surface area contributed by atoms with Crippen molar-refractivity contribution in [3.8, 4) is 0 Å². The molecule has 0 atom stereocenters. The fourth-order valence-electron chi connectivity index (χ4n) is 0.752. The maximum Gasteiger partial charge on any atom is 0.305 e. The normalized spacial score (nSPS) is 7.00. The molecule has 4 nitrogen and oxygen atoms in total. The first-order valence-electron chi connectivity index (χ1n) is 4.89. The van der Waals surface area contributed by atoms with Crippen molar-refractivity contribution < 1.29 is 98.0 Å². The Labute approximate surface area is 161 Å². The molecule has 96 valence electrons. The Bertz CT molecular complexity index is 162. The van der Waals surface area contributed by atoms with Crippen molar-refractivity contribution in [3.63, 3.8) is 0 Å². The van der Waals surface area contributed by atoms with Gasteiger partial charge in [0.15, 0.2) is 0 Å². The zero-order chi connectivity index (χ0) is 11.4. The van der Waals surface area contributed by atoms with Crippen LogP contribution < -0.4 is 0 Å². The third-order valence-electron chi connectivity index (χ3n) is 1.29. The average molecular weight is 478 g/mol. The zero-order valence-electron chi connectivity index (χ0n) is 10.7. The van der Waals surface area contributed by atoms with E-state index in [-0.39, 0.29) is 84.6 Å². The Kier molecular flexibility index (Phi) is 48.0. The minimum atomic E-state index is -0.833. The Morgan fingerprint density at radius 3 is 1.76 bits per heavy atom. The summed E-state index contributed by atoms with van der Waals surface area (Å²) in [5, 5.41) is 7.42. The molecule has 0 saturated carbocycles. The van der Waals surface area contributed by atoms with Gasteiger partial charge in [-0.1, -0.05) is 19.8 Å². The van der Waals surface area contributed by atoms with E-state index in [1.54, 1.807) is 0 Å². The second-order valence-electron chi connectivity index (χ2n) is 2.78. The van der Waals surface area contributed by atoms with Crippen molar-refractivity contribution in [2.24, 2.45) is 0 Å². The molecular formula is C10H20O4Zr3. The van der Waals surface area contributed by atoms with Gasteiger partial charge in [0, 0.05) is 92.0 Å². The molecule has 0 saturated heterocycles. The van der Waals surface area contributed by atoms with Gasteiger partial charge in [-0.05, 0) is 13.3 Å². The minimum Gasteiger partial charge on any atom is -0.481 e. The Balaban J connectivity index is -0.0000000607. The molecule has 0 amide bonds. The van der Waals surface area contributed by atoms with E-state index in [9.17, 15) is 4.79 Å². The summed E-state index contributed by atoms with van der Waals surface area (Å²) < 4.78 is 4.75. The number of carbonyl (C=O) groups is 2. The molecule has 0 spiro atoms. The number of hydrogen-bond acceptors (Lipinski definition) is 3. The Morgan fingerprint density at radius 2 is 1.47 bits per heavy atom. The quantitative estimate of drug-likeness (QED) is 0.487. The van der Waals surface area contributed by atoms with Crippen LogP contribution in [0, 0.1) is 0 Å². The number of aliphatic carboxylic acids is 1. The van der Waals surface area contributed by atoms with Crippen LogP contribution in [-0.4, -0.2) is 23.7 Å². The number of unbranched alkanes of at least 4 members (excludes halogenated alkanes) is 2. The predicted octanol–water partition coefficient (Wildman–Crippen LogP) is 2.21. The van der Waals surface area contributed by atoms with Gasteiger partial charge in [0.2, 0.25) is 0 Å². The van der Waals surface area contributed by atoms with Gasteiger partial charge < -0.3 is 9.84 Å². The molecule has 0 aromatic heterocycles. The summed E-state index contributed by atoms with van der Waals surface area (Å²) in [6.07, 6.45) is 3.83. The summed E-state index contributed by atoms with van der Waals surface area (Å²) in [5.41, 5.74) is 0. The molecule has 0 unspecified atom stereocenters. The number of rotatable bonds is 5. The second-order valence-corrected chi connectivity index (χ2v) is 2.78. The van der Waals surface area contributed by atoms with E-state index in [0.29, 0.717) is 13.0 Å². The first-order chi connectivity index (χ1) is 6.54. The van der Waals surface area contributed by atoms with Crippen LogP contribution in [0.1, 0.15) is 46.5 Å². The third-order valence-corrected chi connectivity index (χ3v) is 1.29. The second kappa shape index (κ2) is 26.2. The summed E-state index contributed by atoms with van der Waals surface area (Å²) in [4.78, 5) is 19.7. The SMILES string of the molecule is CC(=O)O.CCCCCC(=O)OCC.[Zr].[Zr].[Zr]. The molecule has 0 aromatic carbocycles. The Hall–Kier alpha value is 1.59. The van der Waals surface area contributed by atoms with Gasteiger partial charge in [-0.2, -0.15) is 0 Å². The number of carbonyl (C=O) groups excluding carboxylic acids is 1. The van der Waals surface area contributed by atoms with E-state index in [0.717, 1.165) is 26.2 Å². The summed E-state index contributed by atoms with van der Waals surface area (Å²) >= 11 is 0. The molecule has 0 aliphatic rings.